The lowest BCUT2D eigenvalue weighted by molar-refractivity contribution is 0.0827. The number of ether oxygens (including phenoxy) is 2. The first-order valence-electron chi connectivity index (χ1n) is 13.0. The van der Waals surface area contributed by atoms with Crippen molar-refractivity contribution in [3.8, 4) is 22.8 Å². The van der Waals surface area contributed by atoms with Crippen molar-refractivity contribution in [1.82, 2.24) is 25.2 Å². The van der Waals surface area contributed by atoms with E-state index in [9.17, 15) is 14.7 Å². The van der Waals surface area contributed by atoms with Crippen LogP contribution in [-0.4, -0.2) is 69.3 Å². The highest BCUT2D eigenvalue weighted by Gasteiger charge is 2.45. The maximum absolute atomic E-state index is 13.6. The Hall–Kier alpha value is -3.82. The van der Waals surface area contributed by atoms with E-state index < -0.39 is 6.09 Å². The number of aryl methyl sites for hydroxylation is 1. The molecule has 3 heterocycles. The molecule has 1 aliphatic heterocycles. The van der Waals surface area contributed by atoms with Crippen LogP contribution in [0.5, 0.6) is 11.5 Å². The zero-order valence-electron chi connectivity index (χ0n) is 22.5. The van der Waals surface area contributed by atoms with E-state index in [-0.39, 0.29) is 23.4 Å². The number of amides is 2. The largest absolute Gasteiger partial charge is 0.497 e. The molecule has 2 aliphatic rings. The fourth-order valence-electron chi connectivity index (χ4n) is 5.51. The second-order valence-corrected chi connectivity index (χ2v) is 11.3. The molecule has 2 atom stereocenters. The maximum Gasteiger partial charge on any atom is 0.407 e. The van der Waals surface area contributed by atoms with Gasteiger partial charge in [-0.05, 0) is 55.7 Å². The van der Waals surface area contributed by atoms with E-state index in [0.29, 0.717) is 65.0 Å². The topological polar surface area (TPSA) is 130 Å². The zero-order chi connectivity index (χ0) is 27.2. The van der Waals surface area contributed by atoms with Gasteiger partial charge in [-0.2, -0.15) is 0 Å². The summed E-state index contributed by atoms with van der Waals surface area (Å²) >= 11 is 0. The van der Waals surface area contributed by atoms with Gasteiger partial charge in [0.1, 0.15) is 29.0 Å². The highest BCUT2D eigenvalue weighted by Crippen LogP contribution is 2.39. The van der Waals surface area contributed by atoms with Crippen LogP contribution in [0.1, 0.15) is 56.1 Å². The van der Waals surface area contributed by atoms with E-state index in [1.807, 2.05) is 45.9 Å². The van der Waals surface area contributed by atoms with Crippen LogP contribution in [0.4, 0.5) is 4.79 Å². The molecule has 38 heavy (non-hydrogen) atoms. The lowest BCUT2D eigenvalue weighted by Gasteiger charge is -2.37. The Morgan fingerprint density at radius 3 is 2.63 bits per heavy atom. The Morgan fingerprint density at radius 2 is 1.97 bits per heavy atom. The molecule has 1 aromatic carbocycles. The fourth-order valence-corrected chi connectivity index (χ4v) is 5.51. The number of fused-ring (bicyclic) bond motifs is 1. The van der Waals surface area contributed by atoms with Crippen LogP contribution in [0.25, 0.3) is 22.3 Å². The Balaban J connectivity index is 1.50. The minimum atomic E-state index is -0.972. The molecular formula is C28H35N5O5. The SMILES string of the molecule is COc1ccc(OCC2CC2)c(-c2ncnc3c(C(=O)N[C@@H]4CCN(C(=O)O)C4C(C)(C)C)c(C)[nH]c23)c1. The summed E-state index contributed by atoms with van der Waals surface area (Å²) in [5, 5.41) is 12.8. The molecule has 1 saturated heterocycles. The second kappa shape index (κ2) is 9.81. The number of methoxy groups -OCH3 is 1. The van der Waals surface area contributed by atoms with Gasteiger partial charge in [0, 0.05) is 17.8 Å². The molecule has 0 spiro atoms. The van der Waals surface area contributed by atoms with Gasteiger partial charge in [0.2, 0.25) is 0 Å². The number of carboxylic acid groups (broad SMARTS) is 1. The van der Waals surface area contributed by atoms with E-state index in [1.54, 1.807) is 7.11 Å². The standard InChI is InChI=1S/C28H35N5O5/c1-15-21(26(34)32-19-10-11-33(27(35)36)25(19)28(2,3)4)23-24(31-15)22(29-14-30-23)18-12-17(37-5)8-9-20(18)38-13-16-6-7-16/h8-9,12,14,16,19,25,31H,6-7,10-11,13H2,1-5H3,(H,32,34)(H,35,36)/t19-,25?/m1/s1. The van der Waals surface area contributed by atoms with Crippen LogP contribution in [-0.2, 0) is 0 Å². The van der Waals surface area contributed by atoms with Crippen molar-refractivity contribution in [3.63, 3.8) is 0 Å². The van der Waals surface area contributed by atoms with Gasteiger partial charge in [-0.25, -0.2) is 14.8 Å². The predicted molar refractivity (Wildman–Crippen MR) is 143 cm³/mol. The number of nitrogens with one attached hydrogen (secondary N) is 2. The van der Waals surface area contributed by atoms with Crippen LogP contribution < -0.4 is 14.8 Å². The molecule has 1 saturated carbocycles. The van der Waals surface area contributed by atoms with Crippen LogP contribution in [0.15, 0.2) is 24.5 Å². The average molecular weight is 522 g/mol. The first-order chi connectivity index (χ1) is 18.1. The molecule has 1 aliphatic carbocycles. The molecule has 2 aromatic heterocycles. The molecule has 202 valence electrons. The highest BCUT2D eigenvalue weighted by atomic mass is 16.5. The minimum absolute atomic E-state index is 0.291. The van der Waals surface area contributed by atoms with Gasteiger partial charge in [0.25, 0.3) is 5.91 Å². The van der Waals surface area contributed by atoms with E-state index >= 15 is 0 Å². The van der Waals surface area contributed by atoms with Gasteiger partial charge in [-0.15, -0.1) is 0 Å². The van der Waals surface area contributed by atoms with Crippen molar-refractivity contribution >= 4 is 23.0 Å². The number of aromatic amines is 1. The maximum atomic E-state index is 13.6. The minimum Gasteiger partial charge on any atom is -0.497 e. The number of nitrogens with zero attached hydrogens (tertiary/aromatic N) is 3. The molecule has 2 fully saturated rings. The summed E-state index contributed by atoms with van der Waals surface area (Å²) in [7, 11) is 1.61. The summed E-state index contributed by atoms with van der Waals surface area (Å²) in [6, 6.07) is 4.96. The van der Waals surface area contributed by atoms with Crippen molar-refractivity contribution < 1.29 is 24.2 Å². The normalized spacial score (nSPS) is 19.6. The first-order valence-corrected chi connectivity index (χ1v) is 13.0. The molecule has 3 N–H and O–H groups in total. The van der Waals surface area contributed by atoms with Gasteiger partial charge in [-0.1, -0.05) is 20.8 Å². The number of hydrogen-bond acceptors (Lipinski definition) is 6. The number of carbonyl (C=O) groups is 2. The third-order valence-electron chi connectivity index (χ3n) is 7.46. The number of hydrogen-bond donors (Lipinski definition) is 3. The number of aromatic nitrogens is 3. The molecule has 10 nitrogen and oxygen atoms in total. The summed E-state index contributed by atoms with van der Waals surface area (Å²) in [6.07, 6.45) is 3.39. The molecule has 2 amide bonds. The van der Waals surface area contributed by atoms with E-state index in [4.69, 9.17) is 9.47 Å². The van der Waals surface area contributed by atoms with E-state index in [2.05, 4.69) is 20.3 Å². The highest BCUT2D eigenvalue weighted by molar-refractivity contribution is 6.09. The predicted octanol–water partition coefficient (Wildman–Crippen LogP) is 4.63. The van der Waals surface area contributed by atoms with Crippen LogP contribution >= 0.6 is 0 Å². The molecule has 1 unspecified atom stereocenters. The van der Waals surface area contributed by atoms with Crippen molar-refractivity contribution in [1.29, 1.82) is 0 Å². The summed E-state index contributed by atoms with van der Waals surface area (Å²) < 4.78 is 11.6. The number of rotatable bonds is 7. The van der Waals surface area contributed by atoms with Gasteiger partial charge in [0.15, 0.2) is 0 Å². The van der Waals surface area contributed by atoms with E-state index in [1.165, 1.54) is 24.1 Å². The molecule has 5 rings (SSSR count). The number of carbonyl (C=O) groups excluding carboxylic acids is 1. The van der Waals surface area contributed by atoms with E-state index in [0.717, 1.165) is 5.56 Å². The van der Waals surface area contributed by atoms with Crippen LogP contribution in [0.2, 0.25) is 0 Å². The first kappa shape index (κ1) is 25.8. The molecule has 3 aromatic rings. The smallest absolute Gasteiger partial charge is 0.407 e. The number of benzene rings is 1. The number of likely N-dealkylation sites (tertiary alicyclic amines) is 1. The average Bonchev–Trinajstić information content (AvgIpc) is 3.48. The Bertz CT molecular complexity index is 1370. The summed E-state index contributed by atoms with van der Waals surface area (Å²) in [4.78, 5) is 39.3. The lowest BCUT2D eigenvalue weighted by Crippen LogP contribution is -2.52. The summed E-state index contributed by atoms with van der Waals surface area (Å²) in [5.74, 6) is 1.66. The van der Waals surface area contributed by atoms with Crippen molar-refractivity contribution in [2.75, 3.05) is 20.3 Å². The Labute approximate surface area is 221 Å². The van der Waals surface area contributed by atoms with Gasteiger partial charge >= 0.3 is 6.09 Å². The summed E-state index contributed by atoms with van der Waals surface area (Å²) in [6.45, 7) is 8.83. The van der Waals surface area contributed by atoms with Crippen molar-refractivity contribution in [2.45, 2.75) is 59.0 Å². The molecular weight excluding hydrogens is 486 g/mol. The van der Waals surface area contributed by atoms with Gasteiger partial charge in [-0.3, -0.25) is 4.79 Å². The molecule has 0 bridgehead atoms. The third-order valence-corrected chi connectivity index (χ3v) is 7.46. The monoisotopic (exact) mass is 521 g/mol. The quantitative estimate of drug-likeness (QED) is 0.413. The molecule has 0 radical (unpaired) electrons. The van der Waals surface area contributed by atoms with Crippen molar-refractivity contribution in [3.05, 3.63) is 35.8 Å². The van der Waals surface area contributed by atoms with Crippen LogP contribution in [0, 0.1) is 18.3 Å². The second-order valence-electron chi connectivity index (χ2n) is 11.3. The van der Waals surface area contributed by atoms with Gasteiger partial charge < -0.3 is 29.8 Å². The third kappa shape index (κ3) is 4.87. The molecule has 10 heteroatoms. The fraction of sp³-hybridized carbons (Fsp3) is 0.500. The lowest BCUT2D eigenvalue weighted by atomic mass is 9.82. The van der Waals surface area contributed by atoms with Gasteiger partial charge in [0.05, 0.1) is 36.9 Å². The number of H-pyrrole nitrogens is 1. The summed E-state index contributed by atoms with van der Waals surface area (Å²) in [5.41, 5.74) is 3.24. The zero-order valence-corrected chi connectivity index (χ0v) is 22.5. The Morgan fingerprint density at radius 1 is 1.21 bits per heavy atom. The Kier molecular flexibility index (Phi) is 6.66. The van der Waals surface area contributed by atoms with Crippen LogP contribution in [0.3, 0.4) is 0 Å². The van der Waals surface area contributed by atoms with Crippen molar-refractivity contribution in [2.24, 2.45) is 11.3 Å².